The summed E-state index contributed by atoms with van der Waals surface area (Å²) >= 11 is 0. The van der Waals surface area contributed by atoms with Gasteiger partial charge in [0.15, 0.2) is 0 Å². The summed E-state index contributed by atoms with van der Waals surface area (Å²) < 4.78 is 23.7. The molecule has 0 spiro atoms. The van der Waals surface area contributed by atoms with Gasteiger partial charge < -0.3 is 9.05 Å². The summed E-state index contributed by atoms with van der Waals surface area (Å²) in [6.07, 6.45) is 0. The molecule has 3 nitrogen and oxygen atoms in total. The minimum absolute atomic E-state index is 0.0729. The van der Waals surface area contributed by atoms with Crippen molar-refractivity contribution in [1.82, 2.24) is 0 Å². The molecule has 2 rings (SSSR count). The summed E-state index contributed by atoms with van der Waals surface area (Å²) in [4.78, 5) is 0. The second-order valence-electron chi connectivity index (χ2n) is 5.76. The van der Waals surface area contributed by atoms with Gasteiger partial charge in [0, 0.05) is 0 Å². The second-order valence-corrected chi connectivity index (χ2v) is 7.72. The highest BCUT2D eigenvalue weighted by atomic mass is 31.2. The fraction of sp³-hybridized carbons (Fsp3) is 0.571. The third-order valence-corrected chi connectivity index (χ3v) is 5.25. The van der Waals surface area contributed by atoms with Crippen molar-refractivity contribution in [3.63, 3.8) is 0 Å². The largest absolute Gasteiger partial charge is 0.362 e. The molecule has 0 saturated heterocycles. The highest BCUT2D eigenvalue weighted by Gasteiger charge is 2.40. The maximum atomic E-state index is 12.8. The number of aryl methyl sites for hydroxylation is 1. The topological polar surface area (TPSA) is 35.5 Å². The van der Waals surface area contributed by atoms with E-state index in [0.717, 1.165) is 16.4 Å². The van der Waals surface area contributed by atoms with Gasteiger partial charge >= 0.3 is 7.60 Å². The summed E-state index contributed by atoms with van der Waals surface area (Å²) in [6.45, 7) is 11.0. The molecule has 1 aromatic rings. The van der Waals surface area contributed by atoms with Crippen LogP contribution in [0.5, 0.6) is 0 Å². The number of hydrogen-bond acceptors (Lipinski definition) is 3. The Morgan fingerprint density at radius 1 is 1.39 bits per heavy atom. The van der Waals surface area contributed by atoms with E-state index in [-0.39, 0.29) is 5.41 Å². The second kappa shape index (κ2) is 4.48. The lowest BCUT2D eigenvalue weighted by Gasteiger charge is -2.25. The molecular formula is C14H21O3P. The van der Waals surface area contributed by atoms with Crippen LogP contribution >= 0.6 is 7.60 Å². The van der Waals surface area contributed by atoms with Gasteiger partial charge in [0.2, 0.25) is 0 Å². The highest BCUT2D eigenvalue weighted by molar-refractivity contribution is 7.62. The van der Waals surface area contributed by atoms with E-state index in [1.165, 1.54) is 5.56 Å². The smallest absolute Gasteiger partial charge is 0.305 e. The van der Waals surface area contributed by atoms with Crippen LogP contribution in [0.2, 0.25) is 0 Å². The standard InChI is InChI=1S/C14H21O3P/c1-6-16-18(15)13-11(9-17-18)7-10(2)8-12(13)14(3,4)5/h7-8H,6,9H2,1-5H3. The van der Waals surface area contributed by atoms with Crippen molar-refractivity contribution < 1.29 is 13.6 Å². The molecule has 1 unspecified atom stereocenters. The van der Waals surface area contributed by atoms with Crippen LogP contribution in [0.4, 0.5) is 0 Å². The van der Waals surface area contributed by atoms with Gasteiger partial charge in [-0.1, -0.05) is 38.5 Å². The summed E-state index contributed by atoms with van der Waals surface area (Å²) in [5, 5.41) is 0.794. The molecule has 1 aliphatic heterocycles. The first-order valence-corrected chi connectivity index (χ1v) is 7.86. The average Bonchev–Trinajstić information content (AvgIpc) is 2.54. The zero-order chi connectivity index (χ0) is 13.6. The Bertz CT molecular complexity index is 515. The molecule has 0 saturated carbocycles. The van der Waals surface area contributed by atoms with Crippen molar-refractivity contribution in [2.45, 2.75) is 46.6 Å². The Hall–Kier alpha value is -0.630. The molecule has 1 aliphatic rings. The van der Waals surface area contributed by atoms with Crippen LogP contribution in [0.15, 0.2) is 12.1 Å². The summed E-state index contributed by atoms with van der Waals surface area (Å²) in [6, 6.07) is 4.14. The minimum atomic E-state index is -3.11. The predicted molar refractivity (Wildman–Crippen MR) is 73.5 cm³/mol. The summed E-state index contributed by atoms with van der Waals surface area (Å²) in [5.41, 5.74) is 3.19. The third-order valence-electron chi connectivity index (χ3n) is 3.10. The lowest BCUT2D eigenvalue weighted by molar-refractivity contribution is 0.225. The quantitative estimate of drug-likeness (QED) is 0.767. The van der Waals surface area contributed by atoms with E-state index in [0.29, 0.717) is 13.2 Å². The highest BCUT2D eigenvalue weighted by Crippen LogP contribution is 2.54. The van der Waals surface area contributed by atoms with Gasteiger partial charge in [-0.15, -0.1) is 0 Å². The molecule has 1 aromatic carbocycles. The maximum Gasteiger partial charge on any atom is 0.362 e. The van der Waals surface area contributed by atoms with E-state index in [1.54, 1.807) is 0 Å². The molecule has 0 radical (unpaired) electrons. The van der Waals surface area contributed by atoms with E-state index in [1.807, 2.05) is 13.0 Å². The van der Waals surface area contributed by atoms with E-state index in [2.05, 4.69) is 33.8 Å². The lowest BCUT2D eigenvalue weighted by atomic mass is 9.85. The normalized spacial score (nSPS) is 23.2. The molecule has 0 fully saturated rings. The number of benzene rings is 1. The van der Waals surface area contributed by atoms with Crippen LogP contribution in [-0.4, -0.2) is 6.61 Å². The molecule has 100 valence electrons. The lowest BCUT2D eigenvalue weighted by Crippen LogP contribution is -2.24. The van der Waals surface area contributed by atoms with Crippen LogP contribution in [0.3, 0.4) is 0 Å². The molecule has 0 N–H and O–H groups in total. The van der Waals surface area contributed by atoms with E-state index < -0.39 is 7.60 Å². The molecule has 4 heteroatoms. The number of fused-ring (bicyclic) bond motifs is 1. The van der Waals surface area contributed by atoms with Crippen molar-refractivity contribution in [2.75, 3.05) is 6.61 Å². The molecule has 18 heavy (non-hydrogen) atoms. The Balaban J connectivity index is 2.67. The Labute approximate surface area is 109 Å². The third kappa shape index (κ3) is 2.27. The van der Waals surface area contributed by atoms with E-state index >= 15 is 0 Å². The van der Waals surface area contributed by atoms with Gasteiger partial charge in [0.1, 0.15) is 0 Å². The molecular weight excluding hydrogens is 247 g/mol. The van der Waals surface area contributed by atoms with Crippen molar-refractivity contribution in [3.05, 3.63) is 28.8 Å². The van der Waals surface area contributed by atoms with Gasteiger partial charge in [0.25, 0.3) is 0 Å². The van der Waals surface area contributed by atoms with Crippen LogP contribution in [0.1, 0.15) is 44.4 Å². The Morgan fingerprint density at radius 2 is 2.06 bits per heavy atom. The van der Waals surface area contributed by atoms with Gasteiger partial charge in [-0.2, -0.15) is 0 Å². The average molecular weight is 268 g/mol. The first kappa shape index (κ1) is 13.8. The monoisotopic (exact) mass is 268 g/mol. The van der Waals surface area contributed by atoms with Crippen molar-refractivity contribution in [1.29, 1.82) is 0 Å². The Kier molecular flexibility index (Phi) is 3.44. The number of rotatable bonds is 2. The molecule has 1 atom stereocenters. The van der Waals surface area contributed by atoms with Gasteiger partial charge in [-0.05, 0) is 30.4 Å². The first-order valence-electron chi connectivity index (χ1n) is 6.31. The fourth-order valence-corrected chi connectivity index (χ4v) is 4.51. The van der Waals surface area contributed by atoms with Crippen LogP contribution in [0.25, 0.3) is 0 Å². The maximum absolute atomic E-state index is 12.8. The van der Waals surface area contributed by atoms with Gasteiger partial charge in [-0.25, -0.2) is 0 Å². The van der Waals surface area contributed by atoms with Crippen molar-refractivity contribution >= 4 is 12.9 Å². The molecule has 1 heterocycles. The van der Waals surface area contributed by atoms with Crippen molar-refractivity contribution in [3.8, 4) is 0 Å². The summed E-state index contributed by atoms with van der Waals surface area (Å²) in [7, 11) is -3.11. The first-order chi connectivity index (χ1) is 8.28. The summed E-state index contributed by atoms with van der Waals surface area (Å²) in [5.74, 6) is 0. The predicted octanol–water partition coefficient (Wildman–Crippen LogP) is 3.68. The number of hydrogen-bond donors (Lipinski definition) is 0. The molecule has 0 bridgehead atoms. The van der Waals surface area contributed by atoms with Gasteiger partial charge in [0.05, 0.1) is 18.5 Å². The zero-order valence-electron chi connectivity index (χ0n) is 11.7. The zero-order valence-corrected chi connectivity index (χ0v) is 12.6. The van der Waals surface area contributed by atoms with Crippen LogP contribution in [0, 0.1) is 6.92 Å². The molecule has 0 aromatic heterocycles. The fourth-order valence-electron chi connectivity index (χ4n) is 2.35. The van der Waals surface area contributed by atoms with Crippen LogP contribution in [-0.2, 0) is 25.6 Å². The SMILES string of the molecule is CCOP1(=O)OCc2cc(C)cc(C(C)(C)C)c21. The van der Waals surface area contributed by atoms with Crippen molar-refractivity contribution in [2.24, 2.45) is 0 Å². The van der Waals surface area contributed by atoms with Gasteiger partial charge in [-0.3, -0.25) is 4.57 Å². The minimum Gasteiger partial charge on any atom is -0.305 e. The Morgan fingerprint density at radius 3 is 2.61 bits per heavy atom. The molecule has 0 aliphatic carbocycles. The van der Waals surface area contributed by atoms with E-state index in [4.69, 9.17) is 9.05 Å². The van der Waals surface area contributed by atoms with Crippen LogP contribution < -0.4 is 5.30 Å². The van der Waals surface area contributed by atoms with E-state index in [9.17, 15) is 4.57 Å². The molecule has 0 amide bonds.